The third kappa shape index (κ3) is 4.67. The van der Waals surface area contributed by atoms with Gasteiger partial charge in [0.25, 0.3) is 6.43 Å². The number of hydrogen-bond acceptors (Lipinski definition) is 3. The molecule has 0 aliphatic carbocycles. The number of ether oxygens (including phenoxy) is 1. The summed E-state index contributed by atoms with van der Waals surface area (Å²) in [5, 5.41) is 3.08. The Bertz CT molecular complexity index is 291. The monoisotopic (exact) mass is 233 g/mol. The number of imidazole rings is 1. The molecule has 0 bridgehead atoms. The Kier molecular flexibility index (Phi) is 5.95. The quantitative estimate of drug-likeness (QED) is 0.687. The summed E-state index contributed by atoms with van der Waals surface area (Å²) in [6.07, 6.45) is 1.26. The zero-order valence-corrected chi connectivity index (χ0v) is 9.33. The molecule has 16 heavy (non-hydrogen) atoms. The molecular formula is C10H17F2N3O. The van der Waals surface area contributed by atoms with E-state index in [0.717, 1.165) is 12.4 Å². The number of rotatable bonds is 8. The van der Waals surface area contributed by atoms with E-state index in [1.807, 2.05) is 17.7 Å². The van der Waals surface area contributed by atoms with Crippen LogP contribution in [0.4, 0.5) is 8.78 Å². The summed E-state index contributed by atoms with van der Waals surface area (Å²) < 4.78 is 30.2. The molecule has 4 nitrogen and oxygen atoms in total. The summed E-state index contributed by atoms with van der Waals surface area (Å²) in [5.74, 6) is 0.941. The molecule has 0 saturated carbocycles. The van der Waals surface area contributed by atoms with Crippen molar-refractivity contribution in [1.82, 2.24) is 14.9 Å². The van der Waals surface area contributed by atoms with E-state index in [-0.39, 0.29) is 6.61 Å². The first-order valence-corrected chi connectivity index (χ1v) is 5.30. The van der Waals surface area contributed by atoms with Gasteiger partial charge in [-0.15, -0.1) is 0 Å². The predicted molar refractivity (Wildman–Crippen MR) is 56.4 cm³/mol. The highest BCUT2D eigenvalue weighted by Gasteiger charge is 2.02. The first kappa shape index (κ1) is 13.1. The van der Waals surface area contributed by atoms with Gasteiger partial charge in [-0.25, -0.2) is 13.8 Å². The van der Waals surface area contributed by atoms with Crippen molar-refractivity contribution in [2.75, 3.05) is 19.8 Å². The Morgan fingerprint density at radius 1 is 1.56 bits per heavy atom. The number of hydrogen-bond donors (Lipinski definition) is 1. The second kappa shape index (κ2) is 7.29. The zero-order valence-electron chi connectivity index (χ0n) is 9.33. The van der Waals surface area contributed by atoms with Crippen molar-refractivity contribution >= 4 is 0 Å². The molecule has 1 aromatic heterocycles. The molecule has 0 aromatic carbocycles. The molecule has 1 N–H and O–H groups in total. The van der Waals surface area contributed by atoms with E-state index in [4.69, 9.17) is 4.74 Å². The van der Waals surface area contributed by atoms with Crippen LogP contribution in [0, 0.1) is 0 Å². The summed E-state index contributed by atoms with van der Waals surface area (Å²) in [6, 6.07) is 0. The van der Waals surface area contributed by atoms with Crippen LogP contribution in [0.15, 0.2) is 12.4 Å². The predicted octanol–water partition coefficient (Wildman–Crippen LogP) is 1.27. The Morgan fingerprint density at radius 2 is 2.38 bits per heavy atom. The molecule has 0 radical (unpaired) electrons. The molecule has 0 amide bonds. The van der Waals surface area contributed by atoms with E-state index in [9.17, 15) is 8.78 Å². The van der Waals surface area contributed by atoms with Gasteiger partial charge in [0.1, 0.15) is 12.4 Å². The fourth-order valence-corrected chi connectivity index (χ4v) is 1.31. The maximum Gasteiger partial charge on any atom is 0.261 e. The smallest absolute Gasteiger partial charge is 0.261 e. The third-order valence-corrected chi connectivity index (χ3v) is 2.09. The highest BCUT2D eigenvalue weighted by molar-refractivity contribution is 4.91. The van der Waals surface area contributed by atoms with E-state index < -0.39 is 13.0 Å². The molecule has 92 valence electrons. The van der Waals surface area contributed by atoms with Crippen LogP contribution in [-0.4, -0.2) is 35.7 Å². The molecule has 0 aliphatic heterocycles. The van der Waals surface area contributed by atoms with Crippen LogP contribution in [0.3, 0.4) is 0 Å². The van der Waals surface area contributed by atoms with Gasteiger partial charge < -0.3 is 14.6 Å². The lowest BCUT2D eigenvalue weighted by Crippen LogP contribution is -2.22. The average molecular weight is 233 g/mol. The molecule has 0 saturated heterocycles. The van der Waals surface area contributed by atoms with Gasteiger partial charge in [0.05, 0.1) is 13.2 Å². The topological polar surface area (TPSA) is 39.1 Å². The van der Waals surface area contributed by atoms with Crippen molar-refractivity contribution in [3.05, 3.63) is 18.2 Å². The number of nitrogens with one attached hydrogen (secondary N) is 1. The van der Waals surface area contributed by atoms with Crippen molar-refractivity contribution in [1.29, 1.82) is 0 Å². The number of aryl methyl sites for hydroxylation is 1. The first-order chi connectivity index (χ1) is 7.74. The number of alkyl halides is 2. The van der Waals surface area contributed by atoms with Crippen LogP contribution in [0.1, 0.15) is 12.7 Å². The van der Waals surface area contributed by atoms with Crippen LogP contribution in [0.5, 0.6) is 0 Å². The Balaban J connectivity index is 2.07. The van der Waals surface area contributed by atoms with Gasteiger partial charge in [-0.3, -0.25) is 0 Å². The highest BCUT2D eigenvalue weighted by atomic mass is 19.3. The van der Waals surface area contributed by atoms with E-state index in [1.54, 1.807) is 6.20 Å². The van der Waals surface area contributed by atoms with Crippen molar-refractivity contribution < 1.29 is 13.5 Å². The van der Waals surface area contributed by atoms with Crippen LogP contribution in [0.25, 0.3) is 0 Å². The lowest BCUT2D eigenvalue weighted by Gasteiger charge is -2.07. The Hall–Kier alpha value is -1.01. The van der Waals surface area contributed by atoms with Gasteiger partial charge in [0.2, 0.25) is 0 Å². The van der Waals surface area contributed by atoms with Crippen molar-refractivity contribution in [3.63, 3.8) is 0 Å². The summed E-state index contributed by atoms with van der Waals surface area (Å²) >= 11 is 0. The summed E-state index contributed by atoms with van der Waals surface area (Å²) in [5.41, 5.74) is 0. The molecule has 1 heterocycles. The molecule has 0 atom stereocenters. The molecule has 0 spiro atoms. The normalized spacial score (nSPS) is 11.2. The number of nitrogens with zero attached hydrogens (tertiary/aromatic N) is 2. The van der Waals surface area contributed by atoms with Gasteiger partial charge in [0.15, 0.2) is 0 Å². The lowest BCUT2D eigenvalue weighted by atomic mass is 10.5. The van der Waals surface area contributed by atoms with E-state index in [2.05, 4.69) is 10.3 Å². The van der Waals surface area contributed by atoms with E-state index in [0.29, 0.717) is 13.1 Å². The van der Waals surface area contributed by atoms with Crippen LogP contribution < -0.4 is 5.32 Å². The van der Waals surface area contributed by atoms with Gasteiger partial charge in [-0.2, -0.15) is 0 Å². The minimum Gasteiger partial charge on any atom is -0.374 e. The zero-order chi connectivity index (χ0) is 11.8. The second-order valence-electron chi connectivity index (χ2n) is 3.27. The molecule has 6 heteroatoms. The van der Waals surface area contributed by atoms with Gasteiger partial charge in [-0.1, -0.05) is 0 Å². The second-order valence-corrected chi connectivity index (χ2v) is 3.27. The van der Waals surface area contributed by atoms with Crippen molar-refractivity contribution in [2.24, 2.45) is 0 Å². The summed E-state index contributed by atoms with van der Waals surface area (Å²) in [7, 11) is 0. The summed E-state index contributed by atoms with van der Waals surface area (Å²) in [6.45, 7) is 3.88. The first-order valence-electron chi connectivity index (χ1n) is 5.30. The van der Waals surface area contributed by atoms with Crippen molar-refractivity contribution in [3.8, 4) is 0 Å². The molecule has 0 aliphatic rings. The minimum absolute atomic E-state index is 0.289. The molecular weight excluding hydrogens is 216 g/mol. The summed E-state index contributed by atoms with van der Waals surface area (Å²) in [4.78, 5) is 4.17. The Morgan fingerprint density at radius 3 is 3.06 bits per heavy atom. The fraction of sp³-hybridized carbons (Fsp3) is 0.700. The van der Waals surface area contributed by atoms with Crippen LogP contribution >= 0.6 is 0 Å². The molecule has 0 unspecified atom stereocenters. The molecule has 0 fully saturated rings. The van der Waals surface area contributed by atoms with Gasteiger partial charge in [0, 0.05) is 25.5 Å². The SMILES string of the molecule is CCn1ccnc1CNCCOCC(F)F. The van der Waals surface area contributed by atoms with Crippen molar-refractivity contribution in [2.45, 2.75) is 26.4 Å². The average Bonchev–Trinajstić information content (AvgIpc) is 2.70. The van der Waals surface area contributed by atoms with Gasteiger partial charge in [-0.05, 0) is 6.92 Å². The largest absolute Gasteiger partial charge is 0.374 e. The standard InChI is InChI=1S/C10H17F2N3O/c1-2-15-5-3-14-10(15)7-13-4-6-16-8-9(11)12/h3,5,9,13H,2,4,6-8H2,1H3. The maximum atomic E-state index is 11.7. The Labute approximate surface area is 93.6 Å². The number of aromatic nitrogens is 2. The van der Waals surface area contributed by atoms with Gasteiger partial charge >= 0.3 is 0 Å². The number of halogens is 2. The minimum atomic E-state index is -2.39. The van der Waals surface area contributed by atoms with E-state index >= 15 is 0 Å². The fourth-order valence-electron chi connectivity index (χ4n) is 1.31. The van der Waals surface area contributed by atoms with Crippen LogP contribution in [-0.2, 0) is 17.8 Å². The molecule has 1 rings (SSSR count). The van der Waals surface area contributed by atoms with Crippen LogP contribution in [0.2, 0.25) is 0 Å². The maximum absolute atomic E-state index is 11.7. The third-order valence-electron chi connectivity index (χ3n) is 2.09. The molecule has 1 aromatic rings. The lowest BCUT2D eigenvalue weighted by molar-refractivity contribution is 0.0186. The highest BCUT2D eigenvalue weighted by Crippen LogP contribution is 1.96. The van der Waals surface area contributed by atoms with E-state index in [1.165, 1.54) is 0 Å².